The standard InChI is InChI=1S/C12H17N3O/c1-5-9-16-10-7-8-13-11(14-10)15-12(3,4)6-2/h2,7-8H,5,9H2,1,3-4H3,(H,13,14,15). The number of rotatable bonds is 5. The second-order valence-electron chi connectivity index (χ2n) is 3.96. The predicted molar refractivity (Wildman–Crippen MR) is 64.4 cm³/mol. The summed E-state index contributed by atoms with van der Waals surface area (Å²) in [7, 11) is 0. The Morgan fingerprint density at radius 1 is 1.56 bits per heavy atom. The van der Waals surface area contributed by atoms with Crippen molar-refractivity contribution in [1.82, 2.24) is 9.97 Å². The first-order valence-corrected chi connectivity index (χ1v) is 5.29. The van der Waals surface area contributed by atoms with Crippen LogP contribution in [-0.4, -0.2) is 22.1 Å². The first-order chi connectivity index (χ1) is 7.57. The monoisotopic (exact) mass is 219 g/mol. The van der Waals surface area contributed by atoms with Gasteiger partial charge in [-0.2, -0.15) is 4.98 Å². The molecule has 0 saturated heterocycles. The van der Waals surface area contributed by atoms with Gasteiger partial charge in [0.25, 0.3) is 0 Å². The van der Waals surface area contributed by atoms with E-state index in [1.54, 1.807) is 12.3 Å². The number of hydrogen-bond acceptors (Lipinski definition) is 4. The molecule has 1 N–H and O–H groups in total. The fourth-order valence-corrected chi connectivity index (χ4v) is 1.00. The van der Waals surface area contributed by atoms with E-state index in [0.717, 1.165) is 6.42 Å². The molecular formula is C12H17N3O. The minimum atomic E-state index is -0.469. The molecule has 0 fully saturated rings. The van der Waals surface area contributed by atoms with Gasteiger partial charge >= 0.3 is 0 Å². The lowest BCUT2D eigenvalue weighted by atomic mass is 10.1. The summed E-state index contributed by atoms with van der Waals surface area (Å²) in [5.41, 5.74) is -0.469. The van der Waals surface area contributed by atoms with Gasteiger partial charge in [0.05, 0.1) is 12.1 Å². The van der Waals surface area contributed by atoms with Crippen LogP contribution >= 0.6 is 0 Å². The van der Waals surface area contributed by atoms with Crippen molar-refractivity contribution in [3.8, 4) is 18.2 Å². The van der Waals surface area contributed by atoms with Gasteiger partial charge in [-0.15, -0.1) is 6.42 Å². The zero-order valence-electron chi connectivity index (χ0n) is 9.95. The summed E-state index contributed by atoms with van der Waals surface area (Å²) in [6, 6.07) is 1.73. The summed E-state index contributed by atoms with van der Waals surface area (Å²) >= 11 is 0. The summed E-state index contributed by atoms with van der Waals surface area (Å²) in [5.74, 6) is 3.67. The van der Waals surface area contributed by atoms with Crippen LogP contribution in [0.4, 0.5) is 5.95 Å². The van der Waals surface area contributed by atoms with Crippen LogP contribution in [-0.2, 0) is 0 Å². The zero-order chi connectivity index (χ0) is 12.0. The van der Waals surface area contributed by atoms with Crippen LogP contribution in [0.5, 0.6) is 5.88 Å². The maximum Gasteiger partial charge on any atom is 0.227 e. The minimum absolute atomic E-state index is 0.469. The van der Waals surface area contributed by atoms with E-state index in [2.05, 4.69) is 21.2 Å². The Hall–Kier alpha value is -1.76. The molecule has 16 heavy (non-hydrogen) atoms. The highest BCUT2D eigenvalue weighted by atomic mass is 16.5. The number of ether oxygens (including phenoxy) is 1. The van der Waals surface area contributed by atoms with Gasteiger partial charge in [0.2, 0.25) is 11.8 Å². The van der Waals surface area contributed by atoms with Gasteiger partial charge in [-0.05, 0) is 20.3 Å². The lowest BCUT2D eigenvalue weighted by Crippen LogP contribution is -2.29. The highest BCUT2D eigenvalue weighted by molar-refractivity contribution is 5.35. The van der Waals surface area contributed by atoms with Crippen LogP contribution in [0.1, 0.15) is 27.2 Å². The van der Waals surface area contributed by atoms with E-state index in [-0.39, 0.29) is 0 Å². The van der Waals surface area contributed by atoms with E-state index in [9.17, 15) is 0 Å². The van der Waals surface area contributed by atoms with E-state index in [4.69, 9.17) is 11.2 Å². The van der Waals surface area contributed by atoms with E-state index < -0.39 is 5.54 Å². The van der Waals surface area contributed by atoms with Gasteiger partial charge in [-0.25, -0.2) is 4.98 Å². The highest BCUT2D eigenvalue weighted by Gasteiger charge is 2.14. The van der Waals surface area contributed by atoms with E-state index in [0.29, 0.717) is 18.4 Å². The molecule has 0 aliphatic carbocycles. The second kappa shape index (κ2) is 5.36. The molecule has 86 valence electrons. The summed E-state index contributed by atoms with van der Waals surface area (Å²) in [6.45, 7) is 6.46. The molecule has 4 heteroatoms. The van der Waals surface area contributed by atoms with E-state index in [1.807, 2.05) is 20.8 Å². The molecule has 0 atom stereocenters. The van der Waals surface area contributed by atoms with Crippen LogP contribution in [0.25, 0.3) is 0 Å². The molecule has 0 spiro atoms. The molecule has 0 aromatic carbocycles. The largest absolute Gasteiger partial charge is 0.478 e. The van der Waals surface area contributed by atoms with Gasteiger partial charge in [0, 0.05) is 12.3 Å². The number of nitrogens with zero attached hydrogens (tertiary/aromatic N) is 2. The Morgan fingerprint density at radius 2 is 2.31 bits per heavy atom. The van der Waals surface area contributed by atoms with E-state index >= 15 is 0 Å². The van der Waals surface area contributed by atoms with Crippen molar-refractivity contribution in [2.45, 2.75) is 32.7 Å². The SMILES string of the molecule is C#CC(C)(C)Nc1nccc(OCCC)n1. The summed E-state index contributed by atoms with van der Waals surface area (Å²) in [4.78, 5) is 8.29. The number of aromatic nitrogens is 2. The van der Waals surface area contributed by atoms with Gasteiger partial charge in [0.1, 0.15) is 0 Å². The average Bonchev–Trinajstić information content (AvgIpc) is 2.26. The first kappa shape index (κ1) is 12.3. The van der Waals surface area contributed by atoms with Crippen molar-refractivity contribution in [2.75, 3.05) is 11.9 Å². The van der Waals surface area contributed by atoms with Crippen molar-refractivity contribution >= 4 is 5.95 Å². The molecule has 0 aliphatic rings. The third kappa shape index (κ3) is 3.77. The molecule has 4 nitrogen and oxygen atoms in total. The molecule has 1 rings (SSSR count). The minimum Gasteiger partial charge on any atom is -0.478 e. The predicted octanol–water partition coefficient (Wildman–Crippen LogP) is 2.09. The Morgan fingerprint density at radius 3 is 2.94 bits per heavy atom. The number of nitrogens with one attached hydrogen (secondary N) is 1. The zero-order valence-corrected chi connectivity index (χ0v) is 9.95. The third-order valence-corrected chi connectivity index (χ3v) is 1.87. The summed E-state index contributed by atoms with van der Waals surface area (Å²) in [6.07, 6.45) is 7.97. The number of anilines is 1. The molecule has 0 radical (unpaired) electrons. The van der Waals surface area contributed by atoms with Crippen molar-refractivity contribution in [3.05, 3.63) is 12.3 Å². The molecule has 0 unspecified atom stereocenters. The average molecular weight is 219 g/mol. The second-order valence-corrected chi connectivity index (χ2v) is 3.96. The lowest BCUT2D eigenvalue weighted by molar-refractivity contribution is 0.305. The van der Waals surface area contributed by atoms with Crippen LogP contribution in [0.15, 0.2) is 12.3 Å². The van der Waals surface area contributed by atoms with Gasteiger partial charge in [-0.3, -0.25) is 0 Å². The molecule has 0 saturated carbocycles. The molecule has 1 aromatic heterocycles. The van der Waals surface area contributed by atoms with Gasteiger partial charge in [-0.1, -0.05) is 12.8 Å². The Labute approximate surface area is 96.5 Å². The normalized spacial score (nSPS) is 10.6. The number of terminal acetylenes is 1. The van der Waals surface area contributed by atoms with Crippen molar-refractivity contribution in [2.24, 2.45) is 0 Å². The Balaban J connectivity index is 2.72. The molecule has 1 heterocycles. The Bertz CT molecular complexity index is 382. The summed E-state index contributed by atoms with van der Waals surface area (Å²) < 4.78 is 5.40. The summed E-state index contributed by atoms with van der Waals surface area (Å²) in [5, 5.41) is 3.05. The smallest absolute Gasteiger partial charge is 0.227 e. The third-order valence-electron chi connectivity index (χ3n) is 1.87. The number of hydrogen-bond donors (Lipinski definition) is 1. The van der Waals surface area contributed by atoms with Crippen LogP contribution in [0, 0.1) is 12.3 Å². The van der Waals surface area contributed by atoms with Crippen molar-refractivity contribution in [1.29, 1.82) is 0 Å². The molecular weight excluding hydrogens is 202 g/mol. The molecule has 0 aliphatic heterocycles. The topological polar surface area (TPSA) is 47.0 Å². The fourth-order valence-electron chi connectivity index (χ4n) is 1.00. The molecule has 1 aromatic rings. The van der Waals surface area contributed by atoms with Crippen molar-refractivity contribution < 1.29 is 4.74 Å². The first-order valence-electron chi connectivity index (χ1n) is 5.29. The van der Waals surface area contributed by atoms with Crippen molar-refractivity contribution in [3.63, 3.8) is 0 Å². The van der Waals surface area contributed by atoms with Gasteiger partial charge in [0.15, 0.2) is 0 Å². The molecule has 0 bridgehead atoms. The van der Waals surface area contributed by atoms with Gasteiger partial charge < -0.3 is 10.1 Å². The van der Waals surface area contributed by atoms with E-state index in [1.165, 1.54) is 0 Å². The maximum atomic E-state index is 5.40. The fraction of sp³-hybridized carbons (Fsp3) is 0.500. The van der Waals surface area contributed by atoms with Crippen LogP contribution < -0.4 is 10.1 Å². The van der Waals surface area contributed by atoms with Crippen LogP contribution in [0.3, 0.4) is 0 Å². The highest BCUT2D eigenvalue weighted by Crippen LogP contribution is 2.13. The molecule has 0 amide bonds. The maximum absolute atomic E-state index is 5.40. The van der Waals surface area contributed by atoms with Crippen LogP contribution in [0.2, 0.25) is 0 Å². The lowest BCUT2D eigenvalue weighted by Gasteiger charge is -2.19. The Kier molecular flexibility index (Phi) is 4.12. The quantitative estimate of drug-likeness (QED) is 0.770.